The summed E-state index contributed by atoms with van der Waals surface area (Å²) in [6.45, 7) is 1.60. The largest absolute Gasteiger partial charge is 2.00 e. The molecule has 0 atom stereocenters. The smallest absolute Gasteiger partial charge is 1.00 e. The van der Waals surface area contributed by atoms with Gasteiger partial charge in [0.15, 0.2) is 0 Å². The molecule has 0 heterocycles. The summed E-state index contributed by atoms with van der Waals surface area (Å²) < 4.78 is 0. The number of aliphatic carboxylic acids is 1. The molecule has 0 aromatic heterocycles. The van der Waals surface area contributed by atoms with E-state index in [0.717, 1.165) is 0 Å². The maximum Gasteiger partial charge on any atom is 2.00 e. The zero-order chi connectivity index (χ0) is 4.28. The third kappa shape index (κ3) is 55.2. The Morgan fingerprint density at radius 3 is 1.56 bits per heavy atom. The molecule has 0 spiro atoms. The van der Waals surface area contributed by atoms with Crippen LogP contribution in [0.4, 0.5) is 0 Å². The van der Waals surface area contributed by atoms with Gasteiger partial charge in [-0.15, -0.1) is 0 Å². The first kappa shape index (κ1) is 33.5. The maximum atomic E-state index is 9.37. The fourth-order valence-corrected chi connectivity index (χ4v) is 0. The van der Waals surface area contributed by atoms with Crippen molar-refractivity contribution in [1.82, 2.24) is 0 Å². The van der Waals surface area contributed by atoms with Crippen LogP contribution in [0.3, 0.4) is 0 Å². The van der Waals surface area contributed by atoms with E-state index in [4.69, 9.17) is 5.11 Å². The first-order valence-corrected chi connectivity index (χ1v) is 1.49. The predicted octanol–water partition coefficient (Wildman–Crippen LogP) is -2.15. The van der Waals surface area contributed by atoms with Crippen LogP contribution in [0.5, 0.6) is 0 Å². The van der Waals surface area contributed by atoms with Gasteiger partial charge in [0.2, 0.25) is 0 Å². The Morgan fingerprint density at radius 1 is 1.44 bits per heavy atom. The minimum atomic E-state index is -0.745. The summed E-state index contributed by atoms with van der Waals surface area (Å²) in [5, 5.41) is 7.72. The zero-order valence-corrected chi connectivity index (χ0v) is 7.48. The number of carboxylic acid groups (broad SMARTS) is 1. The molecular formula is C3H14CaO5. The van der Waals surface area contributed by atoms with E-state index in [0.29, 0.717) is 0 Å². The second-order valence-electron chi connectivity index (χ2n) is 0.747. The van der Waals surface area contributed by atoms with Crippen LogP contribution in [-0.2, 0) is 4.79 Å². The second kappa shape index (κ2) is 23.5. The van der Waals surface area contributed by atoms with Crippen LogP contribution in [0.1, 0.15) is 16.2 Å². The molecule has 0 amide bonds. The molecule has 5 nitrogen and oxygen atoms in total. The van der Waals surface area contributed by atoms with E-state index >= 15 is 0 Å². The van der Waals surface area contributed by atoms with Crippen molar-refractivity contribution in [3.63, 3.8) is 0 Å². The number of hydrogen-bond acceptors (Lipinski definition) is 1. The van der Waals surface area contributed by atoms with Crippen LogP contribution < -0.4 is 0 Å². The molecule has 6 heteroatoms. The van der Waals surface area contributed by atoms with E-state index in [1.165, 1.54) is 0 Å². The van der Waals surface area contributed by atoms with Gasteiger partial charge < -0.3 is 24.4 Å². The van der Waals surface area contributed by atoms with E-state index < -0.39 is 5.97 Å². The summed E-state index contributed by atoms with van der Waals surface area (Å²) in [7, 11) is 0. The van der Waals surface area contributed by atoms with Gasteiger partial charge in [0.05, 0.1) is 0 Å². The Labute approximate surface area is 86.0 Å². The van der Waals surface area contributed by atoms with E-state index in [9.17, 15) is 4.79 Å². The van der Waals surface area contributed by atoms with Crippen molar-refractivity contribution in [1.29, 1.82) is 0 Å². The summed E-state index contributed by atoms with van der Waals surface area (Å²) in [5.74, 6) is -0.745. The average Bonchev–Trinajstić information content (AvgIpc) is 1.38. The normalized spacial score (nSPS) is 4.11. The molecule has 0 aliphatic carbocycles. The molecule has 0 aliphatic rings. The molecule has 7 N–H and O–H groups in total. The fourth-order valence-electron chi connectivity index (χ4n) is 0. The van der Waals surface area contributed by atoms with Crippen molar-refractivity contribution in [2.45, 2.75) is 13.3 Å². The predicted molar refractivity (Wildman–Crippen MR) is 36.7 cm³/mol. The number of hydrogen-bond donors (Lipinski definition) is 1. The molecule has 9 heavy (non-hydrogen) atoms. The SMILES string of the molecule is CCC(=O)O.O.O.O.[Ca+2].[H-].[H-]. The van der Waals surface area contributed by atoms with Gasteiger partial charge in [0.25, 0.3) is 0 Å². The van der Waals surface area contributed by atoms with Crippen molar-refractivity contribution in [3.8, 4) is 0 Å². The first-order chi connectivity index (χ1) is 2.27. The molecule has 0 radical (unpaired) electrons. The van der Waals surface area contributed by atoms with E-state index in [2.05, 4.69) is 0 Å². The van der Waals surface area contributed by atoms with Crippen LogP contribution in [0.15, 0.2) is 0 Å². The molecule has 0 fully saturated rings. The molecule has 0 rings (SSSR count). The number of carbonyl (C=O) groups is 1. The molecule has 0 aromatic carbocycles. The molecular weight excluding hydrogens is 156 g/mol. The van der Waals surface area contributed by atoms with E-state index in [1.807, 2.05) is 0 Å². The zero-order valence-electron chi connectivity index (χ0n) is 7.27. The summed E-state index contributed by atoms with van der Waals surface area (Å²) in [6, 6.07) is 0. The van der Waals surface area contributed by atoms with Crippen LogP contribution in [0, 0.1) is 0 Å². The summed E-state index contributed by atoms with van der Waals surface area (Å²) in [4.78, 5) is 9.37. The standard InChI is InChI=1S/C3H6O2.Ca.3H2O.2H/c1-2-3(4)5;;;;;;/h2H2,1H3,(H,4,5);;3*1H2;;/q;+2;;;;2*-1. The van der Waals surface area contributed by atoms with Crippen molar-refractivity contribution in [2.75, 3.05) is 0 Å². The second-order valence-corrected chi connectivity index (χ2v) is 0.747. The van der Waals surface area contributed by atoms with Gasteiger partial charge in [0.1, 0.15) is 0 Å². The summed E-state index contributed by atoms with van der Waals surface area (Å²) in [6.07, 6.45) is 0.222. The van der Waals surface area contributed by atoms with Crippen LogP contribution >= 0.6 is 0 Å². The van der Waals surface area contributed by atoms with E-state index in [-0.39, 0.29) is 63.4 Å². The van der Waals surface area contributed by atoms with Crippen LogP contribution in [0.25, 0.3) is 0 Å². The van der Waals surface area contributed by atoms with E-state index in [1.54, 1.807) is 6.92 Å². The van der Waals surface area contributed by atoms with Crippen LogP contribution in [0.2, 0.25) is 0 Å². The molecule has 0 saturated heterocycles. The monoisotopic (exact) mass is 170 g/mol. The Kier molecular flexibility index (Phi) is 87.4. The molecule has 0 saturated carbocycles. The average molecular weight is 170 g/mol. The van der Waals surface area contributed by atoms with Gasteiger partial charge >= 0.3 is 43.7 Å². The third-order valence-corrected chi connectivity index (χ3v) is 0.302. The van der Waals surface area contributed by atoms with Crippen molar-refractivity contribution >= 4 is 43.7 Å². The number of carboxylic acids is 1. The minimum Gasteiger partial charge on any atom is -1.00 e. The molecule has 58 valence electrons. The van der Waals surface area contributed by atoms with Crippen LogP contribution in [-0.4, -0.2) is 65.2 Å². The topological polar surface area (TPSA) is 132 Å². The third-order valence-electron chi connectivity index (χ3n) is 0.302. The van der Waals surface area contributed by atoms with Crippen molar-refractivity contribution < 1.29 is 29.2 Å². The molecule has 0 aromatic rings. The van der Waals surface area contributed by atoms with Gasteiger partial charge in [-0.3, -0.25) is 4.79 Å². The summed E-state index contributed by atoms with van der Waals surface area (Å²) >= 11 is 0. The molecule has 0 bridgehead atoms. The van der Waals surface area contributed by atoms with Gasteiger partial charge in [0, 0.05) is 6.42 Å². The Hall–Kier alpha value is 0.610. The van der Waals surface area contributed by atoms with Crippen molar-refractivity contribution in [2.24, 2.45) is 0 Å². The Bertz CT molecular complexity index is 55.0. The van der Waals surface area contributed by atoms with Gasteiger partial charge in [-0.25, -0.2) is 0 Å². The van der Waals surface area contributed by atoms with Crippen molar-refractivity contribution in [3.05, 3.63) is 0 Å². The van der Waals surface area contributed by atoms with Gasteiger partial charge in [-0.2, -0.15) is 0 Å². The Morgan fingerprint density at radius 2 is 1.56 bits per heavy atom. The quantitative estimate of drug-likeness (QED) is 0.449. The maximum absolute atomic E-state index is 9.37. The summed E-state index contributed by atoms with van der Waals surface area (Å²) in [5.41, 5.74) is 0. The number of rotatable bonds is 1. The molecule has 0 aliphatic heterocycles. The first-order valence-electron chi connectivity index (χ1n) is 1.49. The van der Waals surface area contributed by atoms with Gasteiger partial charge in [-0.05, 0) is 0 Å². The molecule has 0 unspecified atom stereocenters. The minimum absolute atomic E-state index is 0. The fraction of sp³-hybridized carbons (Fsp3) is 0.667. The Balaban J connectivity index is -0.00000000533. The van der Waals surface area contributed by atoms with Gasteiger partial charge in [-0.1, -0.05) is 6.92 Å².